The first kappa shape index (κ1) is 12.6. The summed E-state index contributed by atoms with van der Waals surface area (Å²) in [6.07, 6.45) is 2.24. The Morgan fingerprint density at radius 2 is 2.25 bits per heavy atom. The first-order valence-electron chi connectivity index (χ1n) is 5.18. The summed E-state index contributed by atoms with van der Waals surface area (Å²) >= 11 is 0. The molecule has 0 saturated carbocycles. The first-order chi connectivity index (χ1) is 7.38. The molecule has 1 heterocycles. The van der Waals surface area contributed by atoms with Crippen LogP contribution in [0.5, 0.6) is 0 Å². The van der Waals surface area contributed by atoms with E-state index < -0.39 is 17.7 Å². The molecule has 0 aliphatic carbocycles. The third kappa shape index (κ3) is 4.40. The van der Waals surface area contributed by atoms with Crippen molar-refractivity contribution in [2.75, 3.05) is 0 Å². The molecule has 1 aromatic heterocycles. The summed E-state index contributed by atoms with van der Waals surface area (Å²) in [6.45, 7) is 5.38. The van der Waals surface area contributed by atoms with E-state index in [1.807, 2.05) is 0 Å². The van der Waals surface area contributed by atoms with Gasteiger partial charge in [-0.2, -0.15) is 0 Å². The molecule has 1 aromatic rings. The van der Waals surface area contributed by atoms with E-state index in [9.17, 15) is 9.90 Å². The van der Waals surface area contributed by atoms with Crippen LogP contribution in [-0.4, -0.2) is 21.7 Å². The number of aliphatic hydroxyl groups excluding tert-OH is 1. The molecule has 0 fully saturated rings. The van der Waals surface area contributed by atoms with Crippen LogP contribution in [-0.2, 0) is 9.53 Å². The van der Waals surface area contributed by atoms with E-state index in [1.165, 1.54) is 6.20 Å². The molecule has 0 aliphatic rings. The minimum absolute atomic E-state index is 0.0526. The summed E-state index contributed by atoms with van der Waals surface area (Å²) in [5, 5.41) is 9.75. The van der Waals surface area contributed by atoms with E-state index in [1.54, 1.807) is 39.1 Å². The highest BCUT2D eigenvalue weighted by Gasteiger charge is 2.20. The lowest BCUT2D eigenvalue weighted by Crippen LogP contribution is -2.24. The van der Waals surface area contributed by atoms with Crippen molar-refractivity contribution in [3.8, 4) is 0 Å². The van der Waals surface area contributed by atoms with E-state index in [0.717, 1.165) is 0 Å². The van der Waals surface area contributed by atoms with Crippen molar-refractivity contribution in [2.45, 2.75) is 38.9 Å². The van der Waals surface area contributed by atoms with E-state index in [2.05, 4.69) is 4.98 Å². The van der Waals surface area contributed by atoms with Crippen LogP contribution in [0.15, 0.2) is 24.5 Å². The average Bonchev–Trinajstić information content (AvgIpc) is 2.16. The smallest absolute Gasteiger partial charge is 0.309 e. The first-order valence-corrected chi connectivity index (χ1v) is 5.18. The van der Waals surface area contributed by atoms with Gasteiger partial charge in [-0.3, -0.25) is 9.78 Å². The van der Waals surface area contributed by atoms with Crippen molar-refractivity contribution in [1.29, 1.82) is 0 Å². The molecule has 4 heteroatoms. The lowest BCUT2D eigenvalue weighted by atomic mass is 10.1. The third-order valence-electron chi connectivity index (χ3n) is 1.85. The van der Waals surface area contributed by atoms with Crippen molar-refractivity contribution < 1.29 is 14.6 Å². The maximum atomic E-state index is 11.4. The molecule has 4 nitrogen and oxygen atoms in total. The number of aromatic nitrogens is 1. The molecule has 1 rings (SSSR count). The number of aliphatic hydroxyl groups is 1. The summed E-state index contributed by atoms with van der Waals surface area (Å²) in [5.74, 6) is -0.413. The van der Waals surface area contributed by atoms with Gasteiger partial charge in [0.05, 0.1) is 12.5 Å². The van der Waals surface area contributed by atoms with E-state index in [4.69, 9.17) is 4.74 Å². The number of hydrogen-bond donors (Lipinski definition) is 1. The SMILES string of the molecule is CC(C)(C)OC(=O)CC(O)c1cccnc1. The quantitative estimate of drug-likeness (QED) is 0.794. The Morgan fingerprint density at radius 1 is 1.56 bits per heavy atom. The molecule has 0 aromatic carbocycles. The number of hydrogen-bond acceptors (Lipinski definition) is 4. The van der Waals surface area contributed by atoms with Crippen molar-refractivity contribution in [2.24, 2.45) is 0 Å². The molecule has 0 aliphatic heterocycles. The van der Waals surface area contributed by atoms with Gasteiger partial charge >= 0.3 is 5.97 Å². The fourth-order valence-corrected chi connectivity index (χ4v) is 1.23. The summed E-state index contributed by atoms with van der Waals surface area (Å²) < 4.78 is 5.11. The Labute approximate surface area is 95.3 Å². The summed E-state index contributed by atoms with van der Waals surface area (Å²) in [6, 6.07) is 3.44. The highest BCUT2D eigenvalue weighted by molar-refractivity contribution is 5.70. The molecule has 0 spiro atoms. The van der Waals surface area contributed by atoms with Crippen molar-refractivity contribution in [1.82, 2.24) is 4.98 Å². The molecule has 0 amide bonds. The number of pyridine rings is 1. The Hall–Kier alpha value is -1.42. The fraction of sp³-hybridized carbons (Fsp3) is 0.500. The Bertz CT molecular complexity index is 343. The van der Waals surface area contributed by atoms with Crippen LogP contribution in [0.4, 0.5) is 0 Å². The van der Waals surface area contributed by atoms with Crippen LogP contribution in [0.2, 0.25) is 0 Å². The molecule has 1 unspecified atom stereocenters. The topological polar surface area (TPSA) is 59.4 Å². The summed E-state index contributed by atoms with van der Waals surface area (Å²) in [5.41, 5.74) is 0.0968. The zero-order valence-corrected chi connectivity index (χ0v) is 9.80. The number of ether oxygens (including phenoxy) is 1. The van der Waals surface area contributed by atoms with Gasteiger partial charge < -0.3 is 9.84 Å². The molecule has 1 N–H and O–H groups in total. The van der Waals surface area contributed by atoms with E-state index in [0.29, 0.717) is 5.56 Å². The predicted molar refractivity (Wildman–Crippen MR) is 59.7 cm³/mol. The zero-order valence-electron chi connectivity index (χ0n) is 9.80. The average molecular weight is 223 g/mol. The van der Waals surface area contributed by atoms with E-state index >= 15 is 0 Å². The van der Waals surface area contributed by atoms with E-state index in [-0.39, 0.29) is 6.42 Å². The van der Waals surface area contributed by atoms with Crippen LogP contribution in [0.3, 0.4) is 0 Å². The van der Waals surface area contributed by atoms with Gasteiger partial charge in [0.1, 0.15) is 5.60 Å². The van der Waals surface area contributed by atoms with Crippen LogP contribution in [0, 0.1) is 0 Å². The second-order valence-electron chi connectivity index (χ2n) is 4.59. The van der Waals surface area contributed by atoms with Gasteiger partial charge in [-0.1, -0.05) is 6.07 Å². The highest BCUT2D eigenvalue weighted by Crippen LogP contribution is 2.17. The zero-order chi connectivity index (χ0) is 12.2. The Morgan fingerprint density at radius 3 is 2.75 bits per heavy atom. The molecule has 0 radical (unpaired) electrons. The Kier molecular flexibility index (Phi) is 4.01. The number of rotatable bonds is 3. The molecule has 88 valence electrons. The molecule has 16 heavy (non-hydrogen) atoms. The van der Waals surface area contributed by atoms with Gasteiger partial charge in [-0.05, 0) is 32.4 Å². The van der Waals surface area contributed by atoms with Crippen molar-refractivity contribution in [3.63, 3.8) is 0 Å². The molecule has 1 atom stereocenters. The summed E-state index contributed by atoms with van der Waals surface area (Å²) in [4.78, 5) is 15.3. The van der Waals surface area contributed by atoms with Gasteiger partial charge in [-0.25, -0.2) is 0 Å². The van der Waals surface area contributed by atoms with Crippen molar-refractivity contribution >= 4 is 5.97 Å². The molecular weight excluding hydrogens is 206 g/mol. The second-order valence-corrected chi connectivity index (χ2v) is 4.59. The molecule has 0 bridgehead atoms. The minimum atomic E-state index is -0.858. The Balaban J connectivity index is 2.52. The minimum Gasteiger partial charge on any atom is -0.460 e. The largest absolute Gasteiger partial charge is 0.460 e. The maximum Gasteiger partial charge on any atom is 0.309 e. The molecular formula is C12H17NO3. The van der Waals surface area contributed by atoms with Gasteiger partial charge in [0.2, 0.25) is 0 Å². The number of carbonyl (C=O) groups excluding carboxylic acids is 1. The standard InChI is InChI=1S/C12H17NO3/c1-12(2,3)16-11(15)7-10(14)9-5-4-6-13-8-9/h4-6,8,10,14H,7H2,1-3H3. The van der Waals surface area contributed by atoms with Crippen LogP contribution in [0.25, 0.3) is 0 Å². The summed E-state index contributed by atoms with van der Waals surface area (Å²) in [7, 11) is 0. The van der Waals surface area contributed by atoms with Gasteiger partial charge in [0, 0.05) is 12.4 Å². The lowest BCUT2D eigenvalue weighted by molar-refractivity contribution is -0.157. The monoisotopic (exact) mass is 223 g/mol. The van der Waals surface area contributed by atoms with Gasteiger partial charge in [-0.15, -0.1) is 0 Å². The van der Waals surface area contributed by atoms with Gasteiger partial charge in [0.25, 0.3) is 0 Å². The number of esters is 1. The van der Waals surface area contributed by atoms with Gasteiger partial charge in [0.15, 0.2) is 0 Å². The third-order valence-corrected chi connectivity index (χ3v) is 1.85. The number of carbonyl (C=O) groups is 1. The lowest BCUT2D eigenvalue weighted by Gasteiger charge is -2.20. The van der Waals surface area contributed by atoms with Crippen LogP contribution in [0.1, 0.15) is 38.9 Å². The van der Waals surface area contributed by atoms with Crippen LogP contribution >= 0.6 is 0 Å². The van der Waals surface area contributed by atoms with Crippen molar-refractivity contribution in [3.05, 3.63) is 30.1 Å². The fourth-order valence-electron chi connectivity index (χ4n) is 1.23. The van der Waals surface area contributed by atoms with Crippen LogP contribution < -0.4 is 0 Å². The maximum absolute atomic E-state index is 11.4. The number of nitrogens with zero attached hydrogens (tertiary/aromatic N) is 1. The predicted octanol–water partition coefficient (Wildman–Crippen LogP) is 1.85. The normalized spacial score (nSPS) is 13.2. The molecule has 0 saturated heterocycles. The second kappa shape index (κ2) is 5.07. The highest BCUT2D eigenvalue weighted by atomic mass is 16.6.